The molecule has 4 heterocycles. The Morgan fingerprint density at radius 1 is 1.19 bits per heavy atom. The lowest BCUT2D eigenvalue weighted by atomic mass is 9.74. The lowest BCUT2D eigenvalue weighted by Gasteiger charge is -2.41. The van der Waals surface area contributed by atoms with Crippen LogP contribution in [0.1, 0.15) is 52.4 Å². The normalized spacial score (nSPS) is 24.9. The van der Waals surface area contributed by atoms with Crippen molar-refractivity contribution in [2.75, 3.05) is 38.2 Å². The number of anilines is 1. The van der Waals surface area contributed by atoms with Crippen LogP contribution in [-0.4, -0.2) is 72.5 Å². The lowest BCUT2D eigenvalue weighted by molar-refractivity contribution is -0.138. The molecular weight excluding hydrogens is 569 g/mol. The fraction of sp³-hybridized carbons (Fsp3) is 0.562. The number of hydrogen-bond donors (Lipinski definition) is 3. The molecule has 1 spiro atoms. The predicted molar refractivity (Wildman–Crippen MR) is 165 cm³/mol. The van der Waals surface area contributed by atoms with Crippen molar-refractivity contribution in [3.05, 3.63) is 47.6 Å². The number of hydrogen-bond acceptors (Lipinski definition) is 7. The van der Waals surface area contributed by atoms with E-state index in [0.29, 0.717) is 62.8 Å². The Bertz CT molecular complexity index is 1310. The number of ether oxygens (including phenoxy) is 1. The van der Waals surface area contributed by atoms with Gasteiger partial charge in [0.05, 0.1) is 24.3 Å². The maximum Gasteiger partial charge on any atom is 0.242 e. The Hall–Kier alpha value is -3.15. The molecule has 2 fully saturated rings. The van der Waals surface area contributed by atoms with Crippen molar-refractivity contribution in [2.24, 2.45) is 17.3 Å². The van der Waals surface area contributed by atoms with Crippen molar-refractivity contribution >= 4 is 34.2 Å². The molecule has 5 rings (SSSR count). The second-order valence-corrected chi connectivity index (χ2v) is 13.3. The number of likely N-dealkylation sites (tertiary alicyclic amines) is 1. The number of fused-ring (bicyclic) bond motifs is 1. The summed E-state index contributed by atoms with van der Waals surface area (Å²) in [6.45, 7) is 6.74. The highest BCUT2D eigenvalue weighted by molar-refractivity contribution is 7.14. The molecule has 3 amide bonds. The minimum atomic E-state index is -0.639. The van der Waals surface area contributed by atoms with Crippen LogP contribution in [-0.2, 0) is 19.1 Å². The fourth-order valence-electron chi connectivity index (χ4n) is 6.21. The summed E-state index contributed by atoms with van der Waals surface area (Å²) in [6, 6.07) is 5.54. The fourth-order valence-corrected chi connectivity index (χ4v) is 6.94. The first-order valence-corrected chi connectivity index (χ1v) is 16.2. The number of amides is 3. The van der Waals surface area contributed by atoms with Gasteiger partial charge in [0, 0.05) is 29.5 Å². The highest BCUT2D eigenvalue weighted by Gasteiger charge is 2.42. The van der Waals surface area contributed by atoms with Gasteiger partial charge in [0.2, 0.25) is 17.7 Å². The van der Waals surface area contributed by atoms with Gasteiger partial charge in [0.15, 0.2) is 5.13 Å². The third-order valence-corrected chi connectivity index (χ3v) is 9.56. The SMILES string of the molecule is CC(C)C[C@H]1NC(=O)C2(CC=CC[C@H]3COCC[C@H]3NC1=O)CCN(CC(=O)Nc1nc(-c3ccc(F)cc3)cs1)CC2. The van der Waals surface area contributed by atoms with Gasteiger partial charge in [-0.15, -0.1) is 11.3 Å². The van der Waals surface area contributed by atoms with Gasteiger partial charge in [-0.2, -0.15) is 0 Å². The second-order valence-electron chi connectivity index (χ2n) is 12.5. The van der Waals surface area contributed by atoms with E-state index in [1.807, 2.05) is 5.38 Å². The van der Waals surface area contributed by atoms with Gasteiger partial charge in [0.25, 0.3) is 0 Å². The number of piperidine rings is 1. The number of halogens is 1. The number of carbonyl (C=O) groups is 3. The zero-order valence-electron chi connectivity index (χ0n) is 24.9. The van der Waals surface area contributed by atoms with Crippen LogP contribution in [0.5, 0.6) is 0 Å². The maximum atomic E-state index is 13.9. The molecule has 3 aliphatic rings. The van der Waals surface area contributed by atoms with E-state index in [2.05, 4.69) is 51.8 Å². The van der Waals surface area contributed by atoms with Crippen molar-refractivity contribution in [1.82, 2.24) is 20.5 Å². The summed E-state index contributed by atoms with van der Waals surface area (Å²) in [5.74, 6) is -0.217. The summed E-state index contributed by atoms with van der Waals surface area (Å²) in [5.41, 5.74) is 0.821. The molecule has 3 N–H and O–H groups in total. The third kappa shape index (κ3) is 8.07. The Labute approximate surface area is 256 Å². The average Bonchev–Trinajstić information content (AvgIpc) is 3.44. The molecule has 232 valence electrons. The minimum absolute atomic E-state index is 0.0408. The molecule has 2 aromatic rings. The van der Waals surface area contributed by atoms with Crippen LogP contribution in [0.25, 0.3) is 11.3 Å². The molecule has 0 aliphatic carbocycles. The van der Waals surface area contributed by atoms with Gasteiger partial charge in [0.1, 0.15) is 11.9 Å². The number of carbonyl (C=O) groups excluding carboxylic acids is 3. The van der Waals surface area contributed by atoms with E-state index >= 15 is 0 Å². The first-order chi connectivity index (χ1) is 20.7. The van der Waals surface area contributed by atoms with Crippen LogP contribution < -0.4 is 16.0 Å². The molecule has 43 heavy (non-hydrogen) atoms. The number of benzene rings is 1. The Kier molecular flexibility index (Phi) is 10.2. The molecule has 3 atom stereocenters. The van der Waals surface area contributed by atoms with Crippen LogP contribution in [0.4, 0.5) is 9.52 Å². The summed E-state index contributed by atoms with van der Waals surface area (Å²) in [6.07, 6.45) is 8.18. The summed E-state index contributed by atoms with van der Waals surface area (Å²) in [7, 11) is 0. The average molecular weight is 612 g/mol. The summed E-state index contributed by atoms with van der Waals surface area (Å²) < 4.78 is 19.0. The quantitative estimate of drug-likeness (QED) is 0.419. The molecule has 0 unspecified atom stereocenters. The van der Waals surface area contributed by atoms with E-state index in [-0.39, 0.29) is 48.0 Å². The summed E-state index contributed by atoms with van der Waals surface area (Å²) in [5, 5.41) is 11.6. The molecule has 1 aromatic heterocycles. The van der Waals surface area contributed by atoms with Crippen molar-refractivity contribution < 1.29 is 23.5 Å². The Balaban J connectivity index is 1.21. The van der Waals surface area contributed by atoms with Gasteiger partial charge in [-0.1, -0.05) is 26.0 Å². The highest BCUT2D eigenvalue weighted by atomic mass is 32.1. The minimum Gasteiger partial charge on any atom is -0.381 e. The van der Waals surface area contributed by atoms with E-state index in [9.17, 15) is 18.8 Å². The summed E-state index contributed by atoms with van der Waals surface area (Å²) in [4.78, 5) is 46.7. The zero-order valence-corrected chi connectivity index (χ0v) is 25.8. The van der Waals surface area contributed by atoms with Gasteiger partial charge < -0.3 is 20.7 Å². The van der Waals surface area contributed by atoms with E-state index < -0.39 is 11.5 Å². The largest absolute Gasteiger partial charge is 0.381 e. The molecular formula is C32H42FN5O4S. The van der Waals surface area contributed by atoms with E-state index in [4.69, 9.17) is 4.74 Å². The van der Waals surface area contributed by atoms with Crippen LogP contribution in [0, 0.1) is 23.1 Å². The topological polar surface area (TPSA) is 113 Å². The van der Waals surface area contributed by atoms with Crippen LogP contribution in [0.3, 0.4) is 0 Å². The number of nitrogens with one attached hydrogen (secondary N) is 3. The van der Waals surface area contributed by atoms with Gasteiger partial charge in [-0.3, -0.25) is 19.3 Å². The maximum absolute atomic E-state index is 13.9. The Morgan fingerprint density at radius 2 is 1.95 bits per heavy atom. The van der Waals surface area contributed by atoms with E-state index in [1.54, 1.807) is 12.1 Å². The lowest BCUT2D eigenvalue weighted by Crippen LogP contribution is -2.57. The molecule has 11 heteroatoms. The van der Waals surface area contributed by atoms with Crippen LogP contribution >= 0.6 is 11.3 Å². The second kappa shape index (κ2) is 14.1. The first kappa shape index (κ1) is 31.3. The van der Waals surface area contributed by atoms with E-state index in [1.165, 1.54) is 23.5 Å². The number of aromatic nitrogens is 1. The van der Waals surface area contributed by atoms with Crippen molar-refractivity contribution in [3.63, 3.8) is 0 Å². The highest BCUT2D eigenvalue weighted by Crippen LogP contribution is 2.37. The molecule has 0 saturated carbocycles. The number of nitrogens with zero attached hydrogens (tertiary/aromatic N) is 2. The van der Waals surface area contributed by atoms with Crippen molar-refractivity contribution in [1.29, 1.82) is 0 Å². The van der Waals surface area contributed by atoms with Gasteiger partial charge in [-0.05, 0) is 81.8 Å². The van der Waals surface area contributed by atoms with Crippen molar-refractivity contribution in [2.45, 2.75) is 64.5 Å². The smallest absolute Gasteiger partial charge is 0.242 e. The number of rotatable bonds is 6. The molecule has 0 radical (unpaired) electrons. The zero-order chi connectivity index (χ0) is 30.4. The van der Waals surface area contributed by atoms with Gasteiger partial charge in [-0.25, -0.2) is 9.37 Å². The number of thiazole rings is 1. The molecule has 0 bridgehead atoms. The Morgan fingerprint density at radius 3 is 2.70 bits per heavy atom. The molecule has 3 aliphatic heterocycles. The van der Waals surface area contributed by atoms with Crippen LogP contribution in [0.15, 0.2) is 41.8 Å². The number of allylic oxidation sites excluding steroid dienone is 2. The standard InChI is InChI=1S/C32H42FN5O4S/c1-21(2)17-26-29(40)34-25-10-16-42-19-23(25)5-3-4-11-32(30(41)35-26)12-14-38(15-13-32)18-28(39)37-31-36-27(20-43-31)22-6-8-24(33)9-7-22/h3-4,6-9,20-21,23,25-26H,5,10-19H2,1-2H3,(H,34,40)(H,35,41)(H,36,37,39)/t23-,25+,26+/m0/s1. The molecule has 2 saturated heterocycles. The van der Waals surface area contributed by atoms with Crippen molar-refractivity contribution in [3.8, 4) is 11.3 Å². The van der Waals surface area contributed by atoms with E-state index in [0.717, 1.165) is 18.4 Å². The summed E-state index contributed by atoms with van der Waals surface area (Å²) >= 11 is 1.32. The molecule has 1 aromatic carbocycles. The molecule has 9 nitrogen and oxygen atoms in total. The predicted octanol–water partition coefficient (Wildman–Crippen LogP) is 4.37. The third-order valence-electron chi connectivity index (χ3n) is 8.80. The van der Waals surface area contributed by atoms with Gasteiger partial charge >= 0.3 is 0 Å². The first-order valence-electron chi connectivity index (χ1n) is 15.3. The monoisotopic (exact) mass is 611 g/mol. The van der Waals surface area contributed by atoms with Crippen LogP contribution in [0.2, 0.25) is 0 Å².